The van der Waals surface area contributed by atoms with Crippen LogP contribution in [-0.4, -0.2) is 156 Å². The summed E-state index contributed by atoms with van der Waals surface area (Å²) in [6.07, 6.45) is 3.20. The molecule has 23 heteroatoms. The van der Waals surface area contributed by atoms with Crippen LogP contribution >= 0.6 is 0 Å². The number of rotatable bonds is 25. The number of aromatic nitrogens is 4. The van der Waals surface area contributed by atoms with E-state index in [1.54, 1.807) is 36.5 Å². The van der Waals surface area contributed by atoms with Crippen molar-refractivity contribution in [3.63, 3.8) is 0 Å². The number of amides is 5. The topological polar surface area (TPSA) is 288 Å². The Hall–Kier alpha value is -7.70. The number of benzene rings is 3. The van der Waals surface area contributed by atoms with E-state index in [4.69, 9.17) is 33.1 Å². The normalized spacial score (nSPS) is 17.6. The number of aliphatic hydroxyl groups excluding tert-OH is 1. The Balaban J connectivity index is 0.648. The van der Waals surface area contributed by atoms with Crippen LogP contribution in [0.2, 0.25) is 0 Å². The number of imide groups is 2. The van der Waals surface area contributed by atoms with Gasteiger partial charge in [-0.05, 0) is 69.0 Å². The first kappa shape index (κ1) is 53.1. The highest BCUT2D eigenvalue weighted by atomic mass is 16.6. The van der Waals surface area contributed by atoms with Crippen molar-refractivity contribution in [3.8, 4) is 11.5 Å². The van der Waals surface area contributed by atoms with Crippen molar-refractivity contribution in [2.24, 2.45) is 0 Å². The number of aliphatic hydroxyl groups is 1. The number of hydrogen-bond donors (Lipinski definition) is 5. The van der Waals surface area contributed by atoms with Crippen molar-refractivity contribution in [2.45, 2.75) is 69.6 Å². The van der Waals surface area contributed by atoms with Gasteiger partial charge < -0.3 is 54.1 Å². The molecule has 76 heavy (non-hydrogen) atoms. The Labute approximate surface area is 437 Å². The molecule has 9 rings (SSSR count). The number of piperidine rings is 2. The fourth-order valence-electron chi connectivity index (χ4n) is 9.45. The molecule has 5 amide bonds. The van der Waals surface area contributed by atoms with Gasteiger partial charge in [-0.1, -0.05) is 36.4 Å². The second kappa shape index (κ2) is 24.3. The number of ether oxygens (including phenoxy) is 5. The standard InChI is InChI=1S/C53H60N10O13/c1-53(2)38-29-34(11-12-35(38)51(70)76-53)56-52-55-30-37(45(59-52)57-40(31-64)32-7-4-3-5-8-32)48-61-60-47(75-48)33-15-19-62(20-16-33)43(66)17-21-71-23-25-73-27-28-74-26-24-72-22-18-54-39-10-6-9-36-44(39)50(69)63(49(36)68)41-13-14-42(65)58-46(41)67/h3-12,29-30,33,40-41,54,64H,13-28,31H2,1-2H3,(H,58,65,67)(H2,55,56,57,59)/t40-,41?/m1/s1. The van der Waals surface area contributed by atoms with Crippen molar-refractivity contribution in [3.05, 3.63) is 107 Å². The van der Waals surface area contributed by atoms with Gasteiger partial charge in [0.2, 0.25) is 29.6 Å². The van der Waals surface area contributed by atoms with Crippen LogP contribution < -0.4 is 21.3 Å². The van der Waals surface area contributed by atoms with Crippen LogP contribution in [-0.2, 0) is 43.7 Å². The number of hydrogen-bond acceptors (Lipinski definition) is 20. The predicted molar refractivity (Wildman–Crippen MR) is 271 cm³/mol. The molecule has 6 heterocycles. The lowest BCUT2D eigenvalue weighted by atomic mass is 9.95. The van der Waals surface area contributed by atoms with Gasteiger partial charge in [-0.2, -0.15) is 4.98 Å². The molecule has 0 bridgehead atoms. The average molecular weight is 1050 g/mol. The molecule has 1 unspecified atom stereocenters. The Morgan fingerprint density at radius 1 is 0.829 bits per heavy atom. The second-order valence-electron chi connectivity index (χ2n) is 18.9. The van der Waals surface area contributed by atoms with Crippen LogP contribution in [0.25, 0.3) is 11.5 Å². The van der Waals surface area contributed by atoms with Gasteiger partial charge in [-0.25, -0.2) is 9.78 Å². The van der Waals surface area contributed by atoms with Gasteiger partial charge in [0.1, 0.15) is 17.5 Å². The molecular formula is C53H60N10O13. The third kappa shape index (κ3) is 12.3. The zero-order valence-electron chi connectivity index (χ0n) is 42.2. The Morgan fingerprint density at radius 3 is 2.28 bits per heavy atom. The molecule has 2 aromatic heterocycles. The fourth-order valence-corrected chi connectivity index (χ4v) is 9.45. The smallest absolute Gasteiger partial charge is 0.339 e. The molecule has 0 spiro atoms. The van der Waals surface area contributed by atoms with Crippen LogP contribution in [0.3, 0.4) is 0 Å². The van der Waals surface area contributed by atoms with E-state index < -0.39 is 41.3 Å². The Morgan fingerprint density at radius 2 is 1.55 bits per heavy atom. The highest BCUT2D eigenvalue weighted by Crippen LogP contribution is 2.39. The van der Waals surface area contributed by atoms with E-state index in [1.807, 2.05) is 55.1 Å². The van der Waals surface area contributed by atoms with Crippen molar-refractivity contribution < 1.29 is 62.0 Å². The lowest BCUT2D eigenvalue weighted by Gasteiger charge is -2.30. The number of nitrogens with one attached hydrogen (secondary N) is 4. The minimum atomic E-state index is -1.04. The molecule has 0 saturated carbocycles. The number of cyclic esters (lactones) is 1. The van der Waals surface area contributed by atoms with E-state index in [1.165, 1.54) is 0 Å². The van der Waals surface area contributed by atoms with Crippen molar-refractivity contribution in [2.75, 3.05) is 95.0 Å². The number of carbonyl (C=O) groups is 6. The van der Waals surface area contributed by atoms with Crippen molar-refractivity contribution in [1.82, 2.24) is 35.3 Å². The number of carbonyl (C=O) groups excluding carboxylic acids is 6. The van der Waals surface area contributed by atoms with Crippen LogP contribution in [0, 0.1) is 0 Å². The number of nitrogens with zero attached hydrogens (tertiary/aromatic N) is 6. The van der Waals surface area contributed by atoms with E-state index in [0.29, 0.717) is 113 Å². The average Bonchev–Trinajstić information content (AvgIpc) is 4.09. The maximum Gasteiger partial charge on any atom is 0.339 e. The van der Waals surface area contributed by atoms with E-state index in [2.05, 4.69) is 36.4 Å². The van der Waals surface area contributed by atoms with Crippen molar-refractivity contribution >= 4 is 58.6 Å². The summed E-state index contributed by atoms with van der Waals surface area (Å²) in [6, 6.07) is 18.1. The first-order chi connectivity index (χ1) is 36.9. The monoisotopic (exact) mass is 1040 g/mol. The lowest BCUT2D eigenvalue weighted by molar-refractivity contribution is -0.136. The van der Waals surface area contributed by atoms with Crippen LogP contribution in [0.4, 0.5) is 23.1 Å². The molecule has 4 aliphatic rings. The molecule has 0 aliphatic carbocycles. The minimum absolute atomic E-state index is 0.00522. The van der Waals surface area contributed by atoms with E-state index in [9.17, 15) is 33.9 Å². The SMILES string of the molecule is CC1(C)OC(=O)c2ccc(Nc3ncc(-c4nnc(C5CCN(C(=O)CCOCCOCCOCCOCCNc6cccc7c6C(=O)N(C6CCC(=O)NC6=O)C7=O)CC5)o4)c(N[C@H](CO)c4ccccc4)n3)cc21. The van der Waals surface area contributed by atoms with E-state index in [-0.39, 0.29) is 73.2 Å². The molecule has 5 aromatic rings. The van der Waals surface area contributed by atoms with Crippen LogP contribution in [0.1, 0.15) is 106 Å². The first-order valence-electron chi connectivity index (χ1n) is 25.3. The fraction of sp³-hybridized carbons (Fsp3) is 0.434. The largest absolute Gasteiger partial charge is 0.451 e. The summed E-state index contributed by atoms with van der Waals surface area (Å²) in [4.78, 5) is 87.8. The van der Waals surface area contributed by atoms with Crippen molar-refractivity contribution in [1.29, 1.82) is 0 Å². The van der Waals surface area contributed by atoms with Gasteiger partial charge in [0.25, 0.3) is 17.7 Å². The summed E-state index contributed by atoms with van der Waals surface area (Å²) in [5.74, 6) is -1.45. The molecule has 2 fully saturated rings. The quantitative estimate of drug-likeness (QED) is 0.0306. The molecule has 3 aromatic carbocycles. The van der Waals surface area contributed by atoms with Gasteiger partial charge >= 0.3 is 5.97 Å². The van der Waals surface area contributed by atoms with Gasteiger partial charge in [0, 0.05) is 55.1 Å². The summed E-state index contributed by atoms with van der Waals surface area (Å²) >= 11 is 0. The minimum Gasteiger partial charge on any atom is -0.451 e. The zero-order chi connectivity index (χ0) is 53.2. The molecule has 2 saturated heterocycles. The molecule has 0 radical (unpaired) electrons. The molecular weight excluding hydrogens is 985 g/mol. The first-order valence-corrected chi connectivity index (χ1v) is 25.3. The van der Waals surface area contributed by atoms with E-state index >= 15 is 0 Å². The van der Waals surface area contributed by atoms with E-state index in [0.717, 1.165) is 16.0 Å². The number of anilines is 4. The molecule has 5 N–H and O–H groups in total. The highest BCUT2D eigenvalue weighted by Gasteiger charge is 2.46. The maximum atomic E-state index is 13.3. The molecule has 23 nitrogen and oxygen atoms in total. The zero-order valence-corrected chi connectivity index (χ0v) is 42.2. The maximum absolute atomic E-state index is 13.3. The van der Waals surface area contributed by atoms with Crippen LogP contribution in [0.15, 0.2) is 77.3 Å². The molecule has 4 aliphatic heterocycles. The summed E-state index contributed by atoms with van der Waals surface area (Å²) < 4.78 is 34.3. The lowest BCUT2D eigenvalue weighted by Crippen LogP contribution is -2.54. The summed E-state index contributed by atoms with van der Waals surface area (Å²) in [5, 5.41) is 31.1. The van der Waals surface area contributed by atoms with Gasteiger partial charge in [0.15, 0.2) is 0 Å². The van der Waals surface area contributed by atoms with Crippen LogP contribution in [0.5, 0.6) is 0 Å². The van der Waals surface area contributed by atoms with Gasteiger partial charge in [-0.15, -0.1) is 10.2 Å². The predicted octanol–water partition coefficient (Wildman–Crippen LogP) is 4.50. The second-order valence-corrected chi connectivity index (χ2v) is 18.9. The summed E-state index contributed by atoms with van der Waals surface area (Å²) in [7, 11) is 0. The molecule has 2 atom stereocenters. The summed E-state index contributed by atoms with van der Waals surface area (Å²) in [5.41, 5.74) is 3.23. The van der Waals surface area contributed by atoms with Gasteiger partial charge in [0.05, 0.1) is 94.2 Å². The Kier molecular flexibility index (Phi) is 17.0. The Bertz CT molecular complexity index is 2930. The number of esters is 1. The number of fused-ring (bicyclic) bond motifs is 2. The third-order valence-electron chi connectivity index (χ3n) is 13.5. The highest BCUT2D eigenvalue weighted by molar-refractivity contribution is 6.25. The summed E-state index contributed by atoms with van der Waals surface area (Å²) in [6.45, 7) is 7.44. The number of likely N-dealkylation sites (tertiary alicyclic amines) is 1. The molecule has 400 valence electrons. The van der Waals surface area contributed by atoms with Gasteiger partial charge in [-0.3, -0.25) is 34.2 Å². The third-order valence-corrected chi connectivity index (χ3v) is 13.5.